The lowest BCUT2D eigenvalue weighted by molar-refractivity contribution is -0.385. The van der Waals surface area contributed by atoms with Gasteiger partial charge in [-0.05, 0) is 19.1 Å². The number of aromatic nitrogens is 2. The van der Waals surface area contributed by atoms with Crippen molar-refractivity contribution in [3.63, 3.8) is 0 Å². The fourth-order valence-corrected chi connectivity index (χ4v) is 3.33. The van der Waals surface area contributed by atoms with Crippen LogP contribution in [0, 0.1) is 17.0 Å². The largest absolute Gasteiger partial charge is 0.365 e. The van der Waals surface area contributed by atoms with Crippen molar-refractivity contribution in [3.8, 4) is 0 Å². The highest BCUT2D eigenvalue weighted by atomic mass is 16.6. The van der Waals surface area contributed by atoms with Gasteiger partial charge < -0.3 is 9.47 Å². The Kier molecular flexibility index (Phi) is 3.83. The quantitative estimate of drug-likeness (QED) is 0.644. The van der Waals surface area contributed by atoms with Gasteiger partial charge in [0.1, 0.15) is 5.82 Å². The summed E-state index contributed by atoms with van der Waals surface area (Å²) in [6.45, 7) is 7.76. The van der Waals surface area contributed by atoms with Crippen LogP contribution in [0.5, 0.6) is 0 Å². The molecule has 1 aromatic heterocycles. The number of benzene rings is 1. The second-order valence-electron chi connectivity index (χ2n) is 6.48. The fourth-order valence-electron chi connectivity index (χ4n) is 3.33. The number of nitrogens with zero attached hydrogens (tertiary/aromatic N) is 4. The van der Waals surface area contributed by atoms with Gasteiger partial charge >= 0.3 is 0 Å². The Balaban J connectivity index is 1.89. The highest BCUT2D eigenvalue weighted by molar-refractivity contribution is 5.56. The third-order valence-corrected chi connectivity index (χ3v) is 4.55. The summed E-state index contributed by atoms with van der Waals surface area (Å²) in [4.78, 5) is 17.7. The summed E-state index contributed by atoms with van der Waals surface area (Å²) in [6.07, 6.45) is 0.946. The van der Waals surface area contributed by atoms with E-state index in [0.29, 0.717) is 11.5 Å². The first-order valence-corrected chi connectivity index (χ1v) is 7.92. The number of aryl methyl sites for hydroxylation is 1. The molecule has 6 heteroatoms. The molecule has 6 nitrogen and oxygen atoms in total. The molecule has 2 aromatic rings. The Morgan fingerprint density at radius 2 is 2.09 bits per heavy atom. The van der Waals surface area contributed by atoms with Crippen LogP contribution in [-0.4, -0.2) is 21.0 Å². The molecular weight excluding hydrogens is 292 g/mol. The molecule has 0 radical (unpaired) electrons. The van der Waals surface area contributed by atoms with E-state index in [1.54, 1.807) is 13.0 Å². The number of rotatable bonds is 3. The smallest absolute Gasteiger partial charge is 0.272 e. The zero-order chi connectivity index (χ0) is 16.7. The van der Waals surface area contributed by atoms with Crippen LogP contribution in [0.4, 0.5) is 11.4 Å². The van der Waals surface area contributed by atoms with Gasteiger partial charge in [-0.2, -0.15) is 0 Å². The zero-order valence-corrected chi connectivity index (χ0v) is 14.0. The Hall–Kier alpha value is -2.37. The van der Waals surface area contributed by atoms with Crippen LogP contribution >= 0.6 is 0 Å². The minimum atomic E-state index is -0.332. The van der Waals surface area contributed by atoms with Crippen LogP contribution in [-0.2, 0) is 20.0 Å². The molecule has 0 saturated carbocycles. The van der Waals surface area contributed by atoms with E-state index in [0.717, 1.165) is 36.7 Å². The Labute approximate surface area is 135 Å². The summed E-state index contributed by atoms with van der Waals surface area (Å²) in [7, 11) is 2.09. The fraction of sp³-hybridized carbons (Fsp3) is 0.471. The summed E-state index contributed by atoms with van der Waals surface area (Å²) < 4.78 is 2.22. The highest BCUT2D eigenvalue weighted by Crippen LogP contribution is 2.29. The molecular formula is C17H22N4O2. The minimum Gasteiger partial charge on any atom is -0.365 e. The average Bonchev–Trinajstić information content (AvgIpc) is 2.83. The lowest BCUT2D eigenvalue weighted by Crippen LogP contribution is -2.31. The molecule has 0 amide bonds. The van der Waals surface area contributed by atoms with Crippen molar-refractivity contribution in [2.45, 2.75) is 39.7 Å². The summed E-state index contributed by atoms with van der Waals surface area (Å²) in [5.74, 6) is 1.53. The van der Waals surface area contributed by atoms with Gasteiger partial charge in [0.25, 0.3) is 5.69 Å². The third-order valence-electron chi connectivity index (χ3n) is 4.55. The molecule has 0 N–H and O–H groups in total. The van der Waals surface area contributed by atoms with Crippen molar-refractivity contribution in [1.82, 2.24) is 9.55 Å². The molecule has 0 spiro atoms. The number of nitro groups is 1. The molecule has 0 aliphatic carbocycles. The normalized spacial score (nSPS) is 14.2. The van der Waals surface area contributed by atoms with Crippen molar-refractivity contribution in [2.75, 3.05) is 11.4 Å². The molecule has 23 heavy (non-hydrogen) atoms. The van der Waals surface area contributed by atoms with Gasteiger partial charge in [0.05, 0.1) is 17.2 Å². The SMILES string of the molecule is Cc1cc(N2CCc3c(nc(C(C)C)n3C)C2)ccc1[N+](=O)[O-]. The monoisotopic (exact) mass is 314 g/mol. The molecule has 1 aliphatic heterocycles. The first kappa shape index (κ1) is 15.5. The van der Waals surface area contributed by atoms with E-state index in [1.807, 2.05) is 12.1 Å². The van der Waals surface area contributed by atoms with Crippen LogP contribution in [0.3, 0.4) is 0 Å². The Bertz CT molecular complexity index is 764. The van der Waals surface area contributed by atoms with Crippen LogP contribution in [0.25, 0.3) is 0 Å². The van der Waals surface area contributed by atoms with E-state index in [9.17, 15) is 10.1 Å². The van der Waals surface area contributed by atoms with E-state index in [2.05, 4.69) is 30.4 Å². The van der Waals surface area contributed by atoms with Gasteiger partial charge in [0.15, 0.2) is 0 Å². The van der Waals surface area contributed by atoms with Gasteiger partial charge in [0, 0.05) is 48.9 Å². The van der Waals surface area contributed by atoms with E-state index in [-0.39, 0.29) is 10.6 Å². The number of nitro benzene ring substituents is 1. The van der Waals surface area contributed by atoms with E-state index < -0.39 is 0 Å². The van der Waals surface area contributed by atoms with Gasteiger partial charge in [-0.15, -0.1) is 0 Å². The van der Waals surface area contributed by atoms with Crippen molar-refractivity contribution >= 4 is 11.4 Å². The van der Waals surface area contributed by atoms with Crippen molar-refractivity contribution in [2.24, 2.45) is 7.05 Å². The lowest BCUT2D eigenvalue weighted by atomic mass is 10.1. The molecule has 0 saturated heterocycles. The second kappa shape index (κ2) is 5.68. The van der Waals surface area contributed by atoms with Crippen LogP contribution in [0.2, 0.25) is 0 Å². The van der Waals surface area contributed by atoms with Gasteiger partial charge in [0.2, 0.25) is 0 Å². The third kappa shape index (κ3) is 2.69. The maximum atomic E-state index is 11.0. The molecule has 0 fully saturated rings. The predicted octanol–water partition coefficient (Wildman–Crippen LogP) is 3.32. The van der Waals surface area contributed by atoms with Crippen molar-refractivity contribution < 1.29 is 4.92 Å². The van der Waals surface area contributed by atoms with Crippen molar-refractivity contribution in [1.29, 1.82) is 0 Å². The standard InChI is InChI=1S/C17H22N4O2/c1-11(2)17-18-14-10-20(8-7-16(14)19(17)4)13-5-6-15(21(22)23)12(3)9-13/h5-6,9,11H,7-8,10H2,1-4H3. The summed E-state index contributed by atoms with van der Waals surface area (Å²) in [5.41, 5.74) is 4.33. The minimum absolute atomic E-state index is 0.173. The van der Waals surface area contributed by atoms with E-state index >= 15 is 0 Å². The molecule has 2 heterocycles. The summed E-state index contributed by atoms with van der Waals surface area (Å²) >= 11 is 0. The predicted molar refractivity (Wildman–Crippen MR) is 89.9 cm³/mol. The first-order valence-electron chi connectivity index (χ1n) is 7.92. The number of hydrogen-bond donors (Lipinski definition) is 0. The highest BCUT2D eigenvalue weighted by Gasteiger charge is 2.24. The Morgan fingerprint density at radius 1 is 1.35 bits per heavy atom. The van der Waals surface area contributed by atoms with Crippen LogP contribution in [0.1, 0.15) is 42.5 Å². The molecule has 122 valence electrons. The molecule has 1 aliphatic rings. The molecule has 3 rings (SSSR count). The number of hydrogen-bond acceptors (Lipinski definition) is 4. The maximum Gasteiger partial charge on any atom is 0.272 e. The Morgan fingerprint density at radius 3 is 2.70 bits per heavy atom. The summed E-state index contributed by atoms with van der Waals surface area (Å²) in [6, 6.07) is 5.33. The number of imidazole rings is 1. The molecule has 1 aromatic carbocycles. The van der Waals surface area contributed by atoms with Crippen LogP contribution in [0.15, 0.2) is 18.2 Å². The van der Waals surface area contributed by atoms with Gasteiger partial charge in [-0.25, -0.2) is 4.98 Å². The first-order chi connectivity index (χ1) is 10.9. The van der Waals surface area contributed by atoms with Crippen LogP contribution < -0.4 is 4.90 Å². The molecule has 0 unspecified atom stereocenters. The number of anilines is 1. The zero-order valence-electron chi connectivity index (χ0n) is 14.0. The maximum absolute atomic E-state index is 11.0. The van der Waals surface area contributed by atoms with E-state index in [4.69, 9.17) is 4.98 Å². The van der Waals surface area contributed by atoms with E-state index in [1.165, 1.54) is 5.69 Å². The lowest BCUT2D eigenvalue weighted by Gasteiger charge is -2.29. The van der Waals surface area contributed by atoms with Crippen molar-refractivity contribution in [3.05, 3.63) is 51.1 Å². The second-order valence-corrected chi connectivity index (χ2v) is 6.48. The topological polar surface area (TPSA) is 64.2 Å². The molecule has 0 atom stereocenters. The molecule has 0 bridgehead atoms. The number of fused-ring (bicyclic) bond motifs is 1. The van der Waals surface area contributed by atoms with Gasteiger partial charge in [-0.1, -0.05) is 13.8 Å². The summed E-state index contributed by atoms with van der Waals surface area (Å²) in [5, 5.41) is 11.0. The average molecular weight is 314 g/mol. The van der Waals surface area contributed by atoms with Gasteiger partial charge in [-0.3, -0.25) is 10.1 Å².